The molecular weight excluding hydrogens is 325 g/mol. The van der Waals surface area contributed by atoms with Crippen LogP contribution in [0.5, 0.6) is 0 Å². The Morgan fingerprint density at radius 2 is 1.58 bits per heavy atom. The van der Waals surface area contributed by atoms with Crippen molar-refractivity contribution >= 4 is 29.1 Å². The highest BCUT2D eigenvalue weighted by atomic mass is 31.2. The molecule has 0 aromatic heterocycles. The molecule has 0 saturated carbocycles. The Labute approximate surface area is 139 Å². The summed E-state index contributed by atoms with van der Waals surface area (Å²) in [5.74, 6) is -0.916. The minimum Gasteiger partial charge on any atom is -0.323 e. The molecule has 24 heavy (non-hydrogen) atoms. The summed E-state index contributed by atoms with van der Waals surface area (Å²) in [5, 5.41) is 5.61. The highest BCUT2D eigenvalue weighted by Crippen LogP contribution is 2.52. The summed E-state index contributed by atoms with van der Waals surface area (Å²) in [7, 11) is -2.67. The number of nitrogens with zero attached hydrogens (tertiary/aromatic N) is 1. The van der Waals surface area contributed by atoms with Crippen molar-refractivity contribution in [2.45, 2.75) is 18.3 Å². The molecule has 6 heteroatoms. The van der Waals surface area contributed by atoms with Crippen molar-refractivity contribution in [3.63, 3.8) is 0 Å². The van der Waals surface area contributed by atoms with Gasteiger partial charge >= 0.3 is 7.60 Å². The molecule has 0 radical (unpaired) electrons. The molecule has 0 amide bonds. The molecule has 3 aromatic rings. The first-order valence-corrected chi connectivity index (χ1v) is 9.48. The van der Waals surface area contributed by atoms with Crippen LogP contribution < -0.4 is 0 Å². The number of hydrogen-bond acceptors (Lipinski definition) is 3. The van der Waals surface area contributed by atoms with Gasteiger partial charge in [0.1, 0.15) is 11.9 Å². The van der Waals surface area contributed by atoms with Crippen LogP contribution in [-0.2, 0) is 9.40 Å². The third kappa shape index (κ3) is 2.55. The van der Waals surface area contributed by atoms with Crippen LogP contribution in [0.2, 0.25) is 0 Å². The molecule has 0 bridgehead atoms. The van der Waals surface area contributed by atoms with E-state index in [4.69, 9.17) is 4.84 Å². The Hall–Kier alpha value is -1.75. The molecule has 0 unspecified atom stereocenters. The zero-order valence-electron chi connectivity index (χ0n) is 13.2. The predicted octanol–water partition coefficient (Wildman–Crippen LogP) is 3.81. The van der Waals surface area contributed by atoms with Crippen molar-refractivity contribution < 1.29 is 19.2 Å². The number of hydroxylamine groups is 2. The average Bonchev–Trinajstić information content (AvgIpc) is 2.94. The molecule has 2 atom stereocenters. The van der Waals surface area contributed by atoms with Crippen molar-refractivity contribution in [3.05, 3.63) is 60.2 Å². The molecule has 0 aliphatic carbocycles. The summed E-state index contributed by atoms with van der Waals surface area (Å²) in [4.78, 5) is 25.0. The lowest BCUT2D eigenvalue weighted by molar-refractivity contribution is -0.135. The molecule has 124 valence electrons. The zero-order chi connectivity index (χ0) is 16.9. The maximum absolute atomic E-state index is 11.7. The van der Waals surface area contributed by atoms with E-state index in [1.807, 2.05) is 48.5 Å². The van der Waals surface area contributed by atoms with Gasteiger partial charge in [-0.25, -0.2) is 0 Å². The van der Waals surface area contributed by atoms with Crippen molar-refractivity contribution in [2.24, 2.45) is 0 Å². The highest BCUT2D eigenvalue weighted by molar-refractivity contribution is 7.52. The van der Waals surface area contributed by atoms with Crippen LogP contribution in [0.1, 0.15) is 18.1 Å². The van der Waals surface area contributed by atoms with Crippen LogP contribution >= 0.6 is 7.60 Å². The second-order valence-electron chi connectivity index (χ2n) is 6.18. The van der Waals surface area contributed by atoms with E-state index in [1.54, 1.807) is 7.05 Å². The fourth-order valence-corrected chi connectivity index (χ4v) is 4.51. The molecule has 4 rings (SSSR count). The SMILES string of the molecule is CN1O[C@H](c2c3ccccc3cc3ccccc23)C[C@H]1P(=O)(O)O. The smallest absolute Gasteiger partial charge is 0.323 e. The van der Waals surface area contributed by atoms with Gasteiger partial charge < -0.3 is 9.79 Å². The quantitative estimate of drug-likeness (QED) is 0.547. The van der Waals surface area contributed by atoms with Gasteiger partial charge in [0.2, 0.25) is 0 Å². The predicted molar refractivity (Wildman–Crippen MR) is 93.5 cm³/mol. The molecule has 1 fully saturated rings. The van der Waals surface area contributed by atoms with E-state index in [9.17, 15) is 14.4 Å². The van der Waals surface area contributed by atoms with Crippen molar-refractivity contribution in [2.75, 3.05) is 7.05 Å². The standard InChI is InChI=1S/C18H18NO4P/c1-19-17(24(20,21)22)11-16(23-19)18-14-8-4-2-6-12(14)10-13-7-3-5-9-15(13)18/h2-10,16-17H,11H2,1H3,(H2,20,21,22)/t16-,17+/m0/s1. The third-order valence-electron chi connectivity index (χ3n) is 4.66. The third-order valence-corrected chi connectivity index (χ3v) is 5.97. The Balaban J connectivity index is 1.93. The summed E-state index contributed by atoms with van der Waals surface area (Å²) < 4.78 is 11.7. The normalized spacial score (nSPS) is 22.5. The molecule has 1 heterocycles. The molecule has 2 N–H and O–H groups in total. The monoisotopic (exact) mass is 343 g/mol. The first-order valence-electron chi connectivity index (χ1n) is 7.80. The first-order chi connectivity index (χ1) is 11.4. The van der Waals surface area contributed by atoms with Gasteiger partial charge in [-0.3, -0.25) is 9.40 Å². The number of benzene rings is 3. The molecular formula is C18H18NO4P. The zero-order valence-corrected chi connectivity index (χ0v) is 14.1. The maximum Gasteiger partial charge on any atom is 0.345 e. The topological polar surface area (TPSA) is 70.0 Å². The van der Waals surface area contributed by atoms with E-state index in [0.717, 1.165) is 27.1 Å². The lowest BCUT2D eigenvalue weighted by Gasteiger charge is -2.18. The Kier molecular flexibility index (Phi) is 3.71. The van der Waals surface area contributed by atoms with Gasteiger partial charge in [-0.05, 0) is 33.2 Å². The van der Waals surface area contributed by atoms with Gasteiger partial charge in [0, 0.05) is 13.5 Å². The van der Waals surface area contributed by atoms with Crippen LogP contribution in [0.15, 0.2) is 54.6 Å². The van der Waals surface area contributed by atoms with Crippen LogP contribution in [0.4, 0.5) is 0 Å². The minimum absolute atomic E-state index is 0.263. The lowest BCUT2D eigenvalue weighted by Crippen LogP contribution is -2.23. The highest BCUT2D eigenvalue weighted by Gasteiger charge is 2.43. The van der Waals surface area contributed by atoms with Crippen molar-refractivity contribution in [3.8, 4) is 0 Å². The Bertz CT molecular complexity index is 914. The second-order valence-corrected chi connectivity index (χ2v) is 7.95. The van der Waals surface area contributed by atoms with Gasteiger partial charge in [0.25, 0.3) is 0 Å². The Morgan fingerprint density at radius 1 is 1.04 bits per heavy atom. The average molecular weight is 343 g/mol. The van der Waals surface area contributed by atoms with E-state index >= 15 is 0 Å². The molecule has 0 spiro atoms. The fourth-order valence-electron chi connectivity index (χ4n) is 3.57. The number of fused-ring (bicyclic) bond motifs is 2. The molecule has 1 saturated heterocycles. The minimum atomic E-state index is -4.25. The number of hydrogen-bond donors (Lipinski definition) is 2. The molecule has 5 nitrogen and oxygen atoms in total. The Morgan fingerprint density at radius 3 is 2.08 bits per heavy atom. The fraction of sp³-hybridized carbons (Fsp3) is 0.222. The molecule has 1 aliphatic rings. The van der Waals surface area contributed by atoms with E-state index < -0.39 is 13.4 Å². The molecule has 3 aromatic carbocycles. The van der Waals surface area contributed by atoms with Gasteiger partial charge in [-0.1, -0.05) is 48.5 Å². The van der Waals surface area contributed by atoms with Gasteiger partial charge in [0.15, 0.2) is 0 Å². The lowest BCUT2D eigenvalue weighted by atomic mass is 9.92. The summed E-state index contributed by atoms with van der Waals surface area (Å²) in [5.41, 5.74) is 0.992. The van der Waals surface area contributed by atoms with E-state index in [0.29, 0.717) is 0 Å². The van der Waals surface area contributed by atoms with E-state index in [1.165, 1.54) is 5.06 Å². The maximum atomic E-state index is 11.7. The number of rotatable bonds is 2. The summed E-state index contributed by atoms with van der Waals surface area (Å²) in [6, 6.07) is 18.2. The van der Waals surface area contributed by atoms with Gasteiger partial charge in [-0.2, -0.15) is 5.06 Å². The van der Waals surface area contributed by atoms with Gasteiger partial charge in [0.05, 0.1) is 0 Å². The second kappa shape index (κ2) is 5.66. The van der Waals surface area contributed by atoms with Crippen LogP contribution in [0.3, 0.4) is 0 Å². The molecule has 1 aliphatic heterocycles. The van der Waals surface area contributed by atoms with Crippen molar-refractivity contribution in [1.82, 2.24) is 5.06 Å². The van der Waals surface area contributed by atoms with Crippen LogP contribution in [0, 0.1) is 0 Å². The van der Waals surface area contributed by atoms with Crippen molar-refractivity contribution in [1.29, 1.82) is 0 Å². The van der Waals surface area contributed by atoms with Gasteiger partial charge in [-0.15, -0.1) is 0 Å². The van der Waals surface area contributed by atoms with E-state index in [2.05, 4.69) is 6.07 Å². The largest absolute Gasteiger partial charge is 0.345 e. The van der Waals surface area contributed by atoms with Crippen LogP contribution in [0.25, 0.3) is 21.5 Å². The first kappa shape index (κ1) is 15.8. The summed E-state index contributed by atoms with van der Waals surface area (Å²) in [6.45, 7) is 0. The van der Waals surface area contributed by atoms with E-state index in [-0.39, 0.29) is 12.5 Å². The summed E-state index contributed by atoms with van der Waals surface area (Å²) in [6.07, 6.45) is -0.123. The van der Waals surface area contributed by atoms with Crippen LogP contribution in [-0.4, -0.2) is 27.7 Å². The summed E-state index contributed by atoms with van der Waals surface area (Å²) >= 11 is 0.